The molecule has 5 rings (SSSR count). The molecule has 1 saturated carbocycles. The molecule has 0 aromatic carbocycles. The van der Waals surface area contributed by atoms with Crippen molar-refractivity contribution in [3.8, 4) is 17.1 Å². The highest BCUT2D eigenvalue weighted by Gasteiger charge is 2.44. The smallest absolute Gasteiger partial charge is 0.239 e. The standard InChI is InChI=1S/C24H28N8O4S/c1-2-36-21-15-26-14-18(29-21)16-3-6-19(28-13-16)31-23(33)24(8-11-25-12-9-24)22-27-10-7-20(30-22)32-37(34,35)17-4-5-17/h3,6-7,10,13-15,17,25H,2,4-5,8-9,11-12H2,1H3,(H,27,30,32)(H,28,31,33). The maximum atomic E-state index is 13.6. The second kappa shape index (κ2) is 10.3. The molecule has 1 amide bonds. The fraction of sp³-hybridized carbons (Fsp3) is 0.417. The van der Waals surface area contributed by atoms with Gasteiger partial charge in [0.1, 0.15) is 22.9 Å². The molecule has 3 aromatic heterocycles. The lowest BCUT2D eigenvalue weighted by Crippen LogP contribution is -2.49. The minimum Gasteiger partial charge on any atom is -0.477 e. The minimum atomic E-state index is -3.49. The maximum absolute atomic E-state index is 13.6. The average molecular weight is 525 g/mol. The van der Waals surface area contributed by atoms with Crippen LogP contribution in [-0.2, 0) is 20.2 Å². The molecule has 0 radical (unpaired) electrons. The predicted molar refractivity (Wildman–Crippen MR) is 136 cm³/mol. The summed E-state index contributed by atoms with van der Waals surface area (Å²) in [7, 11) is -3.49. The Kier molecular flexibility index (Phi) is 6.98. The summed E-state index contributed by atoms with van der Waals surface area (Å²) in [4.78, 5) is 35.4. The van der Waals surface area contributed by atoms with Crippen LogP contribution in [0.15, 0.2) is 43.0 Å². The minimum absolute atomic E-state index is 0.167. The number of pyridine rings is 1. The Morgan fingerprint density at radius 1 is 1.08 bits per heavy atom. The lowest BCUT2D eigenvalue weighted by atomic mass is 9.77. The van der Waals surface area contributed by atoms with Crippen LogP contribution in [0.3, 0.4) is 0 Å². The van der Waals surface area contributed by atoms with Gasteiger partial charge in [0.25, 0.3) is 0 Å². The van der Waals surface area contributed by atoms with Gasteiger partial charge in [0.05, 0.1) is 29.9 Å². The van der Waals surface area contributed by atoms with Gasteiger partial charge in [0, 0.05) is 18.0 Å². The Balaban J connectivity index is 1.36. The number of nitrogens with one attached hydrogen (secondary N) is 3. The van der Waals surface area contributed by atoms with E-state index >= 15 is 0 Å². The highest BCUT2D eigenvalue weighted by atomic mass is 32.2. The number of ether oxygens (including phenoxy) is 1. The summed E-state index contributed by atoms with van der Waals surface area (Å²) in [5.74, 6) is 0.940. The van der Waals surface area contributed by atoms with Gasteiger partial charge in [-0.15, -0.1) is 0 Å². The number of hydrogen-bond acceptors (Lipinski definition) is 10. The molecule has 3 aromatic rings. The number of rotatable bonds is 9. The van der Waals surface area contributed by atoms with E-state index in [9.17, 15) is 13.2 Å². The monoisotopic (exact) mass is 524 g/mol. The summed E-state index contributed by atoms with van der Waals surface area (Å²) in [5, 5.41) is 5.77. The molecule has 0 atom stereocenters. The normalized spacial score (nSPS) is 17.1. The summed E-state index contributed by atoms with van der Waals surface area (Å²) in [6.45, 7) is 3.54. The van der Waals surface area contributed by atoms with Crippen LogP contribution in [0.25, 0.3) is 11.3 Å². The van der Waals surface area contributed by atoms with E-state index in [1.54, 1.807) is 30.7 Å². The van der Waals surface area contributed by atoms with Crippen molar-refractivity contribution in [1.82, 2.24) is 30.2 Å². The SMILES string of the molecule is CCOc1cncc(-c2ccc(NC(=O)C3(c4nccc(NS(=O)(=O)C5CC5)n4)CCNCC3)nc2)n1. The molecule has 12 nitrogen and oxygen atoms in total. The number of carbonyl (C=O) groups excluding carboxylic acids is 1. The molecule has 2 aliphatic rings. The first-order valence-electron chi connectivity index (χ1n) is 12.2. The van der Waals surface area contributed by atoms with Crippen LogP contribution in [0.1, 0.15) is 38.4 Å². The Hall–Kier alpha value is -3.71. The number of carbonyl (C=O) groups is 1. The molecule has 1 aliphatic carbocycles. The van der Waals surface area contributed by atoms with E-state index in [1.807, 2.05) is 6.92 Å². The number of anilines is 2. The first-order chi connectivity index (χ1) is 17.9. The van der Waals surface area contributed by atoms with Crippen LogP contribution in [0.4, 0.5) is 11.6 Å². The quantitative estimate of drug-likeness (QED) is 0.377. The molecule has 0 bridgehead atoms. The van der Waals surface area contributed by atoms with Crippen molar-refractivity contribution < 1.29 is 17.9 Å². The zero-order valence-corrected chi connectivity index (χ0v) is 21.2. The van der Waals surface area contributed by atoms with Gasteiger partial charge in [0.2, 0.25) is 21.8 Å². The van der Waals surface area contributed by atoms with Crippen LogP contribution >= 0.6 is 0 Å². The van der Waals surface area contributed by atoms with Crippen LogP contribution in [0.2, 0.25) is 0 Å². The van der Waals surface area contributed by atoms with Gasteiger partial charge in [-0.3, -0.25) is 14.5 Å². The molecule has 13 heteroatoms. The lowest BCUT2D eigenvalue weighted by molar-refractivity contribution is -0.122. The first kappa shape index (κ1) is 25.0. The van der Waals surface area contributed by atoms with Gasteiger partial charge in [-0.05, 0) is 63.9 Å². The van der Waals surface area contributed by atoms with E-state index in [0.717, 1.165) is 5.56 Å². The molecule has 194 valence electrons. The van der Waals surface area contributed by atoms with Gasteiger partial charge in [-0.25, -0.2) is 28.4 Å². The van der Waals surface area contributed by atoms with Crippen molar-refractivity contribution in [3.05, 3.63) is 48.8 Å². The van der Waals surface area contributed by atoms with Crippen LogP contribution in [0, 0.1) is 0 Å². The topological polar surface area (TPSA) is 161 Å². The molecule has 3 N–H and O–H groups in total. The number of amides is 1. The van der Waals surface area contributed by atoms with Crippen molar-refractivity contribution in [3.63, 3.8) is 0 Å². The molecule has 0 spiro atoms. The molecular weight excluding hydrogens is 496 g/mol. The summed E-state index contributed by atoms with van der Waals surface area (Å²) in [6.07, 6.45) is 8.43. The summed E-state index contributed by atoms with van der Waals surface area (Å²) >= 11 is 0. The molecule has 2 fully saturated rings. The summed E-state index contributed by atoms with van der Waals surface area (Å²) < 4.78 is 32.8. The van der Waals surface area contributed by atoms with Gasteiger partial charge in [0.15, 0.2) is 0 Å². The van der Waals surface area contributed by atoms with Gasteiger partial charge in [-0.1, -0.05) is 0 Å². The molecule has 37 heavy (non-hydrogen) atoms. The second-order valence-corrected chi connectivity index (χ2v) is 11.0. The fourth-order valence-corrected chi connectivity index (χ4v) is 5.55. The van der Waals surface area contributed by atoms with Crippen molar-refractivity contribution >= 4 is 27.6 Å². The molecule has 0 unspecified atom stereocenters. The van der Waals surface area contributed by atoms with E-state index in [1.165, 1.54) is 12.3 Å². The highest BCUT2D eigenvalue weighted by molar-refractivity contribution is 7.93. The average Bonchev–Trinajstić information content (AvgIpc) is 3.77. The van der Waals surface area contributed by atoms with Crippen LogP contribution < -0.4 is 20.1 Å². The number of piperidine rings is 1. The first-order valence-corrected chi connectivity index (χ1v) is 13.7. The molecular formula is C24H28N8O4S. The third-order valence-electron chi connectivity index (χ3n) is 6.39. The number of nitrogens with zero attached hydrogens (tertiary/aromatic N) is 5. The Morgan fingerprint density at radius 3 is 2.59 bits per heavy atom. The number of hydrogen-bond donors (Lipinski definition) is 3. The summed E-state index contributed by atoms with van der Waals surface area (Å²) in [6, 6.07) is 4.99. The van der Waals surface area contributed by atoms with E-state index in [4.69, 9.17) is 4.74 Å². The Morgan fingerprint density at radius 2 is 1.89 bits per heavy atom. The second-order valence-electron chi connectivity index (χ2n) is 9.01. The van der Waals surface area contributed by atoms with E-state index in [2.05, 4.69) is 40.3 Å². The van der Waals surface area contributed by atoms with E-state index < -0.39 is 15.4 Å². The van der Waals surface area contributed by atoms with Gasteiger partial charge < -0.3 is 15.4 Å². The molecule has 1 aliphatic heterocycles. The van der Waals surface area contributed by atoms with Crippen molar-refractivity contribution in [2.24, 2.45) is 0 Å². The third kappa shape index (κ3) is 5.52. The van der Waals surface area contributed by atoms with Gasteiger partial charge in [-0.2, -0.15) is 0 Å². The largest absolute Gasteiger partial charge is 0.477 e. The Bertz CT molecular complexity index is 1370. The Labute approximate surface area is 214 Å². The van der Waals surface area contributed by atoms with E-state index in [0.29, 0.717) is 62.8 Å². The number of aromatic nitrogens is 5. The molecule has 1 saturated heterocycles. The van der Waals surface area contributed by atoms with Crippen LogP contribution in [0.5, 0.6) is 5.88 Å². The maximum Gasteiger partial charge on any atom is 0.239 e. The van der Waals surface area contributed by atoms with E-state index in [-0.39, 0.29) is 22.8 Å². The lowest BCUT2D eigenvalue weighted by Gasteiger charge is -2.34. The van der Waals surface area contributed by atoms with Crippen molar-refractivity contribution in [2.45, 2.75) is 43.3 Å². The summed E-state index contributed by atoms with van der Waals surface area (Å²) in [5.41, 5.74) is 0.289. The van der Waals surface area contributed by atoms with Gasteiger partial charge >= 0.3 is 0 Å². The zero-order chi connectivity index (χ0) is 25.9. The van der Waals surface area contributed by atoms with Crippen molar-refractivity contribution in [2.75, 3.05) is 29.7 Å². The zero-order valence-electron chi connectivity index (χ0n) is 20.3. The van der Waals surface area contributed by atoms with Crippen LogP contribution in [-0.4, -0.2) is 64.2 Å². The fourth-order valence-electron chi connectivity index (χ4n) is 4.22. The predicted octanol–water partition coefficient (Wildman–Crippen LogP) is 1.89. The highest BCUT2D eigenvalue weighted by Crippen LogP contribution is 2.34. The molecule has 4 heterocycles. The third-order valence-corrected chi connectivity index (χ3v) is 8.23. The van der Waals surface area contributed by atoms with Crippen molar-refractivity contribution in [1.29, 1.82) is 0 Å². The number of sulfonamides is 1.